The van der Waals surface area contributed by atoms with Crippen molar-refractivity contribution in [1.82, 2.24) is 9.97 Å². The topological polar surface area (TPSA) is 101 Å². The lowest BCUT2D eigenvalue weighted by Gasteiger charge is -2.17. The molecule has 1 aromatic carbocycles. The number of nitrogens with two attached hydrogens (primary N) is 1. The van der Waals surface area contributed by atoms with Gasteiger partial charge in [-0.15, -0.1) is 0 Å². The Balaban J connectivity index is 2.16. The number of nitrogens with zero attached hydrogens (tertiary/aromatic N) is 1. The summed E-state index contributed by atoms with van der Waals surface area (Å²) in [5.74, 6) is -1.21. The van der Waals surface area contributed by atoms with Crippen LogP contribution >= 0.6 is 11.6 Å². The molecule has 2 heterocycles. The number of amides is 1. The maximum Gasteiger partial charge on any atom is 0.256 e. The molecule has 28 heavy (non-hydrogen) atoms. The molecule has 0 saturated heterocycles. The normalized spacial score (nSPS) is 10.9. The Morgan fingerprint density at radius 2 is 2.00 bits per heavy atom. The van der Waals surface area contributed by atoms with E-state index in [0.717, 1.165) is 0 Å². The number of rotatable bonds is 5. The van der Waals surface area contributed by atoms with Crippen molar-refractivity contribution in [3.05, 3.63) is 75.2 Å². The molecule has 8 heteroatoms. The van der Waals surface area contributed by atoms with Gasteiger partial charge in [-0.1, -0.05) is 31.5 Å². The van der Waals surface area contributed by atoms with Crippen molar-refractivity contribution in [3.63, 3.8) is 0 Å². The standard InChI is InChI=1S/C20H18ClFN4O2/c1-10(2)18-17(25-16-5-6-24-9-13(16)19(23)27)8-12(20(28)26-18)11-3-4-15(22)14(21)7-11/h3-10H,1-2H3,(H2,23,27)(H,24,25)(H,26,28). The van der Waals surface area contributed by atoms with Crippen molar-refractivity contribution in [1.29, 1.82) is 0 Å². The van der Waals surface area contributed by atoms with Gasteiger partial charge in [0, 0.05) is 23.7 Å². The molecule has 6 nitrogen and oxygen atoms in total. The summed E-state index contributed by atoms with van der Waals surface area (Å²) in [6.45, 7) is 3.85. The largest absolute Gasteiger partial charge is 0.365 e. The maximum atomic E-state index is 13.5. The minimum absolute atomic E-state index is 0.0140. The maximum absolute atomic E-state index is 13.5. The Hall–Kier alpha value is -3.19. The van der Waals surface area contributed by atoms with Crippen LogP contribution in [-0.2, 0) is 0 Å². The Morgan fingerprint density at radius 1 is 1.25 bits per heavy atom. The van der Waals surface area contributed by atoms with Gasteiger partial charge in [-0.3, -0.25) is 14.6 Å². The highest BCUT2D eigenvalue weighted by molar-refractivity contribution is 6.31. The van der Waals surface area contributed by atoms with Gasteiger partial charge in [0.1, 0.15) is 5.82 Å². The highest BCUT2D eigenvalue weighted by Gasteiger charge is 2.16. The van der Waals surface area contributed by atoms with Gasteiger partial charge in [0.15, 0.2) is 0 Å². The predicted molar refractivity (Wildman–Crippen MR) is 108 cm³/mol. The summed E-state index contributed by atoms with van der Waals surface area (Å²) >= 11 is 5.86. The number of anilines is 2. The number of pyridine rings is 2. The van der Waals surface area contributed by atoms with Crippen LogP contribution in [0.25, 0.3) is 11.1 Å². The van der Waals surface area contributed by atoms with E-state index in [1.165, 1.54) is 30.6 Å². The van der Waals surface area contributed by atoms with Crippen molar-refractivity contribution in [3.8, 4) is 11.1 Å². The number of carbonyl (C=O) groups excluding carboxylic acids is 1. The van der Waals surface area contributed by atoms with Gasteiger partial charge >= 0.3 is 0 Å². The molecular weight excluding hydrogens is 383 g/mol. The molecule has 0 saturated carbocycles. The van der Waals surface area contributed by atoms with Crippen molar-refractivity contribution in [2.45, 2.75) is 19.8 Å². The quantitative estimate of drug-likeness (QED) is 0.597. The smallest absolute Gasteiger partial charge is 0.256 e. The first-order valence-corrected chi connectivity index (χ1v) is 8.89. The van der Waals surface area contributed by atoms with Crippen molar-refractivity contribution in [2.24, 2.45) is 5.73 Å². The number of halogens is 2. The van der Waals surface area contributed by atoms with Crippen LogP contribution in [0.2, 0.25) is 5.02 Å². The molecule has 1 amide bonds. The minimum atomic E-state index is -0.628. The first kappa shape index (κ1) is 19.6. The van der Waals surface area contributed by atoms with Crippen LogP contribution in [0.5, 0.6) is 0 Å². The predicted octanol–water partition coefficient (Wildman–Crippen LogP) is 4.20. The molecule has 0 fully saturated rings. The van der Waals surface area contributed by atoms with E-state index in [0.29, 0.717) is 28.2 Å². The minimum Gasteiger partial charge on any atom is -0.365 e. The zero-order chi connectivity index (χ0) is 20.4. The summed E-state index contributed by atoms with van der Waals surface area (Å²) in [5, 5.41) is 3.07. The summed E-state index contributed by atoms with van der Waals surface area (Å²) in [6, 6.07) is 7.33. The first-order valence-electron chi connectivity index (χ1n) is 8.51. The number of H-pyrrole nitrogens is 1. The number of hydrogen-bond donors (Lipinski definition) is 3. The van der Waals surface area contributed by atoms with E-state index < -0.39 is 11.7 Å². The van der Waals surface area contributed by atoms with E-state index in [4.69, 9.17) is 17.3 Å². The van der Waals surface area contributed by atoms with E-state index in [-0.39, 0.29) is 22.1 Å². The monoisotopic (exact) mass is 400 g/mol. The Kier molecular flexibility index (Phi) is 5.46. The lowest BCUT2D eigenvalue weighted by Crippen LogP contribution is -2.17. The third-order valence-electron chi connectivity index (χ3n) is 4.24. The summed E-state index contributed by atoms with van der Waals surface area (Å²) in [5.41, 5.74) is 7.77. The summed E-state index contributed by atoms with van der Waals surface area (Å²) in [7, 11) is 0. The van der Waals surface area contributed by atoms with Crippen LogP contribution in [0, 0.1) is 5.82 Å². The number of primary amides is 1. The van der Waals surface area contributed by atoms with Gasteiger partial charge in [-0.05, 0) is 35.7 Å². The molecule has 3 rings (SSSR count). The molecule has 0 aliphatic carbocycles. The average Bonchev–Trinajstić information content (AvgIpc) is 2.65. The third-order valence-corrected chi connectivity index (χ3v) is 4.53. The molecule has 0 aliphatic heterocycles. The van der Waals surface area contributed by atoms with Crippen molar-refractivity contribution >= 4 is 28.9 Å². The number of benzene rings is 1. The van der Waals surface area contributed by atoms with Crippen LogP contribution in [0.15, 0.2) is 47.5 Å². The van der Waals surface area contributed by atoms with Gasteiger partial charge in [0.2, 0.25) is 0 Å². The molecule has 0 aliphatic rings. The molecule has 0 spiro atoms. The van der Waals surface area contributed by atoms with E-state index in [9.17, 15) is 14.0 Å². The van der Waals surface area contributed by atoms with E-state index in [2.05, 4.69) is 15.3 Å². The molecule has 0 unspecified atom stereocenters. The van der Waals surface area contributed by atoms with Gasteiger partial charge in [-0.2, -0.15) is 0 Å². The average molecular weight is 401 g/mol. The molecule has 4 N–H and O–H groups in total. The number of carbonyl (C=O) groups is 1. The van der Waals surface area contributed by atoms with Crippen LogP contribution in [0.1, 0.15) is 35.8 Å². The molecule has 144 valence electrons. The van der Waals surface area contributed by atoms with Crippen LogP contribution in [0.3, 0.4) is 0 Å². The summed E-state index contributed by atoms with van der Waals surface area (Å²) in [4.78, 5) is 31.1. The van der Waals surface area contributed by atoms with Crippen LogP contribution in [0.4, 0.5) is 15.8 Å². The molecule has 0 atom stereocenters. The van der Waals surface area contributed by atoms with Gasteiger partial charge in [0.05, 0.1) is 22.0 Å². The van der Waals surface area contributed by atoms with E-state index in [1.54, 1.807) is 12.1 Å². The zero-order valence-corrected chi connectivity index (χ0v) is 16.0. The van der Waals surface area contributed by atoms with Crippen LogP contribution in [-0.4, -0.2) is 15.9 Å². The van der Waals surface area contributed by atoms with Crippen LogP contribution < -0.4 is 16.6 Å². The highest BCUT2D eigenvalue weighted by atomic mass is 35.5. The van der Waals surface area contributed by atoms with Gasteiger partial charge < -0.3 is 16.0 Å². The molecular formula is C20H18ClFN4O2. The molecule has 3 aromatic rings. The lowest BCUT2D eigenvalue weighted by molar-refractivity contribution is 0.100. The number of hydrogen-bond acceptors (Lipinski definition) is 4. The molecule has 0 bridgehead atoms. The molecule has 0 radical (unpaired) electrons. The number of nitrogens with one attached hydrogen (secondary N) is 2. The second-order valence-corrected chi connectivity index (χ2v) is 6.94. The number of aromatic nitrogens is 2. The first-order chi connectivity index (χ1) is 13.3. The second-order valence-electron chi connectivity index (χ2n) is 6.53. The fourth-order valence-corrected chi connectivity index (χ4v) is 3.01. The Bertz CT molecular complexity index is 1110. The van der Waals surface area contributed by atoms with Crippen molar-refractivity contribution in [2.75, 3.05) is 5.32 Å². The fraction of sp³-hybridized carbons (Fsp3) is 0.150. The fourth-order valence-electron chi connectivity index (χ4n) is 2.83. The Labute approximate surface area is 165 Å². The zero-order valence-electron chi connectivity index (χ0n) is 15.2. The second kappa shape index (κ2) is 7.82. The number of aromatic amines is 1. The Morgan fingerprint density at radius 3 is 2.64 bits per heavy atom. The van der Waals surface area contributed by atoms with E-state index in [1.807, 2.05) is 13.8 Å². The van der Waals surface area contributed by atoms with Gasteiger partial charge in [-0.25, -0.2) is 4.39 Å². The van der Waals surface area contributed by atoms with Gasteiger partial charge in [0.25, 0.3) is 11.5 Å². The lowest BCUT2D eigenvalue weighted by atomic mass is 10.0. The summed E-state index contributed by atoms with van der Waals surface area (Å²) < 4.78 is 13.5. The highest BCUT2D eigenvalue weighted by Crippen LogP contribution is 2.30. The summed E-state index contributed by atoms with van der Waals surface area (Å²) in [6.07, 6.45) is 2.89. The third kappa shape index (κ3) is 3.89. The van der Waals surface area contributed by atoms with Crippen molar-refractivity contribution < 1.29 is 9.18 Å². The molecule has 2 aromatic heterocycles. The SMILES string of the molecule is CC(C)c1[nH]c(=O)c(-c2ccc(F)c(Cl)c2)cc1Nc1ccncc1C(N)=O. The van der Waals surface area contributed by atoms with E-state index >= 15 is 0 Å².